The van der Waals surface area contributed by atoms with Crippen LogP contribution in [0.2, 0.25) is 0 Å². The van der Waals surface area contributed by atoms with Crippen LogP contribution in [0, 0.1) is 0 Å². The number of aryl methyl sites for hydroxylation is 1. The highest BCUT2D eigenvalue weighted by molar-refractivity contribution is 5.96. The Morgan fingerprint density at radius 1 is 1.09 bits per heavy atom. The highest BCUT2D eigenvalue weighted by Gasteiger charge is 2.25. The lowest BCUT2D eigenvalue weighted by atomic mass is 9.88. The third-order valence-electron chi connectivity index (χ3n) is 5.80. The smallest absolute Gasteiger partial charge is 0.258 e. The van der Waals surface area contributed by atoms with Crippen LogP contribution in [0.3, 0.4) is 0 Å². The van der Waals surface area contributed by atoms with Crippen molar-refractivity contribution in [2.24, 2.45) is 4.99 Å². The van der Waals surface area contributed by atoms with Gasteiger partial charge in [0.05, 0.1) is 10.9 Å². The number of carbonyl (C=O) groups is 1. The second-order valence-corrected chi connectivity index (χ2v) is 8.06. The molecule has 3 aromatic heterocycles. The molecule has 33 heavy (non-hydrogen) atoms. The van der Waals surface area contributed by atoms with Crippen molar-refractivity contribution < 1.29 is 9.21 Å². The van der Waals surface area contributed by atoms with Gasteiger partial charge >= 0.3 is 0 Å². The number of H-pyrrole nitrogens is 1. The summed E-state index contributed by atoms with van der Waals surface area (Å²) in [6.07, 6.45) is 6.97. The largest absolute Gasteiger partial charge is 0.420 e. The Morgan fingerprint density at radius 3 is 2.70 bits per heavy atom. The van der Waals surface area contributed by atoms with Crippen LogP contribution in [0.1, 0.15) is 49.7 Å². The van der Waals surface area contributed by atoms with E-state index in [1.165, 1.54) is 0 Å². The highest BCUT2D eigenvalue weighted by Crippen LogP contribution is 2.32. The number of fused-ring (bicyclic) bond motifs is 1. The first-order valence-electron chi connectivity index (χ1n) is 11.0. The minimum absolute atomic E-state index is 0.161. The molecule has 0 aliphatic heterocycles. The molecule has 0 atom stereocenters. The Bertz CT molecular complexity index is 1370. The molecule has 1 aliphatic carbocycles. The monoisotopic (exact) mass is 442 g/mol. The number of pyridine rings is 1. The van der Waals surface area contributed by atoms with E-state index in [0.717, 1.165) is 24.1 Å². The molecule has 5 rings (SSSR count). The second-order valence-electron chi connectivity index (χ2n) is 8.06. The first-order chi connectivity index (χ1) is 16.2. The van der Waals surface area contributed by atoms with Gasteiger partial charge in [-0.05, 0) is 49.9 Å². The molecule has 0 bridgehead atoms. The topological polar surface area (TPSA) is 127 Å². The second kappa shape index (κ2) is 9.23. The average molecular weight is 442 g/mol. The zero-order valence-corrected chi connectivity index (χ0v) is 17.9. The van der Waals surface area contributed by atoms with Gasteiger partial charge in [-0.2, -0.15) is 0 Å². The van der Waals surface area contributed by atoms with Gasteiger partial charge in [0, 0.05) is 42.4 Å². The number of rotatable bonds is 5. The molecule has 9 heteroatoms. The summed E-state index contributed by atoms with van der Waals surface area (Å²) in [7, 11) is 0. The fourth-order valence-electron chi connectivity index (χ4n) is 4.03. The molecule has 0 saturated heterocycles. The zero-order chi connectivity index (χ0) is 22.6. The van der Waals surface area contributed by atoms with Crippen LogP contribution in [0.4, 0.5) is 0 Å². The molecule has 9 nitrogen and oxygen atoms in total. The minimum Gasteiger partial charge on any atom is -0.420 e. The van der Waals surface area contributed by atoms with Gasteiger partial charge in [0.1, 0.15) is 5.82 Å². The molecule has 1 aliphatic rings. The third kappa shape index (κ3) is 4.77. The first-order valence-corrected chi connectivity index (χ1v) is 11.0. The van der Waals surface area contributed by atoms with E-state index in [9.17, 15) is 9.59 Å². The number of hydrogen-bond donors (Lipinski definition) is 1. The van der Waals surface area contributed by atoms with Crippen molar-refractivity contribution >= 4 is 22.5 Å². The predicted octanol–water partition coefficient (Wildman–Crippen LogP) is 3.63. The Kier molecular flexibility index (Phi) is 5.84. The maximum Gasteiger partial charge on any atom is 0.258 e. The number of nitrogens with zero attached hydrogens (tertiary/aromatic N) is 5. The average Bonchev–Trinajstić information content (AvgIpc) is 3.34. The summed E-state index contributed by atoms with van der Waals surface area (Å²) in [5.74, 6) is 1.57. The molecule has 1 saturated carbocycles. The van der Waals surface area contributed by atoms with Crippen LogP contribution < -0.4 is 5.56 Å². The molecule has 1 aromatic carbocycles. The first kappa shape index (κ1) is 20.9. The van der Waals surface area contributed by atoms with Crippen molar-refractivity contribution in [2.45, 2.75) is 44.4 Å². The predicted molar refractivity (Wildman–Crippen MR) is 122 cm³/mol. The summed E-state index contributed by atoms with van der Waals surface area (Å²) >= 11 is 0. The number of para-hydroxylation sites is 1. The molecular weight excluding hydrogens is 420 g/mol. The Balaban J connectivity index is 1.16. The van der Waals surface area contributed by atoms with Crippen molar-refractivity contribution in [3.63, 3.8) is 0 Å². The molecular formula is C24H22N6O3. The molecule has 0 unspecified atom stereocenters. The lowest BCUT2D eigenvalue weighted by Gasteiger charge is -2.19. The number of nitrogens with one attached hydrogen (secondary N) is 1. The highest BCUT2D eigenvalue weighted by atomic mass is 16.4. The van der Waals surface area contributed by atoms with Crippen molar-refractivity contribution in [2.75, 3.05) is 0 Å². The molecule has 1 amide bonds. The van der Waals surface area contributed by atoms with Gasteiger partial charge in [-0.15, -0.1) is 10.2 Å². The van der Waals surface area contributed by atoms with E-state index in [4.69, 9.17) is 4.42 Å². The van der Waals surface area contributed by atoms with Crippen LogP contribution in [0.5, 0.6) is 0 Å². The van der Waals surface area contributed by atoms with Crippen LogP contribution in [0.15, 0.2) is 63.0 Å². The van der Waals surface area contributed by atoms with Crippen molar-refractivity contribution in [1.82, 2.24) is 25.1 Å². The molecule has 0 spiro atoms. The summed E-state index contributed by atoms with van der Waals surface area (Å²) in [4.78, 5) is 40.0. The molecule has 166 valence electrons. The molecule has 1 fully saturated rings. The SMILES string of the molecule is O=C(CCc1nc2ccccc2c(=O)[nH]1)N=C1CCC(c2nnc(-c3ccncc3)o2)CC1. The number of hydrogen-bond acceptors (Lipinski definition) is 7. The van der Waals surface area contributed by atoms with Crippen molar-refractivity contribution in [3.8, 4) is 11.5 Å². The van der Waals surface area contributed by atoms with Gasteiger partial charge in [-0.1, -0.05) is 12.1 Å². The van der Waals surface area contributed by atoms with E-state index >= 15 is 0 Å². The van der Waals surface area contributed by atoms with Gasteiger partial charge < -0.3 is 9.40 Å². The fraction of sp³-hybridized carbons (Fsp3) is 0.292. The van der Waals surface area contributed by atoms with Gasteiger partial charge in [0.2, 0.25) is 17.7 Å². The summed E-state index contributed by atoms with van der Waals surface area (Å²) in [6.45, 7) is 0. The normalized spacial score (nSPS) is 16.1. The molecule has 3 heterocycles. The summed E-state index contributed by atoms with van der Waals surface area (Å²) in [5, 5.41) is 8.90. The van der Waals surface area contributed by atoms with Gasteiger partial charge in [0.15, 0.2) is 0 Å². The van der Waals surface area contributed by atoms with Gasteiger partial charge in [-0.25, -0.2) is 9.98 Å². The number of amides is 1. The van der Waals surface area contributed by atoms with E-state index < -0.39 is 0 Å². The molecule has 0 radical (unpaired) electrons. The quantitative estimate of drug-likeness (QED) is 0.500. The van der Waals surface area contributed by atoms with Crippen molar-refractivity contribution in [3.05, 3.63) is 70.9 Å². The molecule has 1 N–H and O–H groups in total. The summed E-state index contributed by atoms with van der Waals surface area (Å²) < 4.78 is 5.86. The fourth-order valence-corrected chi connectivity index (χ4v) is 4.03. The van der Waals surface area contributed by atoms with E-state index in [2.05, 4.69) is 30.1 Å². The van der Waals surface area contributed by atoms with Gasteiger partial charge in [0.25, 0.3) is 5.56 Å². The molecule has 4 aromatic rings. The minimum atomic E-state index is -0.197. The number of benzene rings is 1. The number of aliphatic imine (C=N–C) groups is 1. The Hall–Kier alpha value is -4.01. The number of carbonyl (C=O) groups excluding carboxylic acids is 1. The number of aromatic amines is 1. The lowest BCUT2D eigenvalue weighted by molar-refractivity contribution is -0.117. The third-order valence-corrected chi connectivity index (χ3v) is 5.80. The Morgan fingerprint density at radius 2 is 1.88 bits per heavy atom. The standard InChI is InChI=1S/C24H22N6O3/c31-21(10-9-20-27-19-4-2-1-3-18(19)22(32)28-20)26-17-7-5-15(6-8-17)23-29-30-24(33-23)16-11-13-25-14-12-16/h1-4,11-15H,5-10H2,(H,27,28,32). The summed E-state index contributed by atoms with van der Waals surface area (Å²) in [6, 6.07) is 10.8. The number of aromatic nitrogens is 5. The van der Waals surface area contributed by atoms with Crippen LogP contribution in [-0.2, 0) is 11.2 Å². The van der Waals surface area contributed by atoms with E-state index in [-0.39, 0.29) is 23.8 Å². The summed E-state index contributed by atoms with van der Waals surface area (Å²) in [5.41, 5.74) is 2.17. The van der Waals surface area contributed by atoms with Crippen molar-refractivity contribution in [1.29, 1.82) is 0 Å². The van der Waals surface area contributed by atoms with Crippen LogP contribution in [0.25, 0.3) is 22.4 Å². The van der Waals surface area contributed by atoms with E-state index in [1.807, 2.05) is 18.2 Å². The van der Waals surface area contributed by atoms with Crippen LogP contribution in [-0.4, -0.2) is 36.8 Å². The van der Waals surface area contributed by atoms with Crippen LogP contribution >= 0.6 is 0 Å². The van der Waals surface area contributed by atoms with E-state index in [1.54, 1.807) is 30.6 Å². The lowest BCUT2D eigenvalue weighted by Crippen LogP contribution is -2.16. The maximum absolute atomic E-state index is 12.4. The van der Waals surface area contributed by atoms with Gasteiger partial charge in [-0.3, -0.25) is 14.6 Å². The Labute approximate surface area is 189 Å². The van der Waals surface area contributed by atoms with E-state index in [0.29, 0.717) is 47.8 Å². The zero-order valence-electron chi connectivity index (χ0n) is 17.9. The maximum atomic E-state index is 12.4.